The summed E-state index contributed by atoms with van der Waals surface area (Å²) in [6.07, 6.45) is 3.86. The molecule has 0 aliphatic carbocycles. The summed E-state index contributed by atoms with van der Waals surface area (Å²) >= 11 is 6.38. The maximum Gasteiger partial charge on any atom is 0.389 e. The first-order chi connectivity index (χ1) is 18.6. The molecule has 10 nitrogen and oxygen atoms in total. The third-order valence-electron chi connectivity index (χ3n) is 5.86. The summed E-state index contributed by atoms with van der Waals surface area (Å²) < 4.78 is 56.2. The van der Waals surface area contributed by atoms with Gasteiger partial charge in [0.25, 0.3) is 5.56 Å². The number of nitrogens with zero attached hydrogens (tertiary/aromatic N) is 4. The molecule has 1 atom stereocenters. The zero-order valence-electron chi connectivity index (χ0n) is 21.9. The number of pyridine rings is 1. The fourth-order valence-electron chi connectivity index (χ4n) is 3.92. The van der Waals surface area contributed by atoms with E-state index in [4.69, 9.17) is 11.6 Å². The number of hydrogen-bond acceptors (Lipinski definition) is 8. The molecule has 0 amide bonds. The second-order valence-corrected chi connectivity index (χ2v) is 11.4. The van der Waals surface area contributed by atoms with E-state index in [1.54, 1.807) is 19.9 Å². The van der Waals surface area contributed by atoms with Gasteiger partial charge in [0, 0.05) is 29.9 Å². The van der Waals surface area contributed by atoms with Crippen LogP contribution in [0.25, 0.3) is 6.20 Å². The lowest BCUT2D eigenvalue weighted by Gasteiger charge is -2.16. The summed E-state index contributed by atoms with van der Waals surface area (Å²) in [6, 6.07) is 5.04. The summed E-state index contributed by atoms with van der Waals surface area (Å²) in [5, 5.41) is 31.2. The number of halogens is 3. The van der Waals surface area contributed by atoms with Crippen LogP contribution in [0.2, 0.25) is 5.02 Å². The van der Waals surface area contributed by atoms with Crippen molar-refractivity contribution in [1.82, 2.24) is 14.3 Å². The Morgan fingerprint density at radius 2 is 1.98 bits per heavy atom. The first-order valence-corrected chi connectivity index (χ1v) is 14.0. The lowest BCUT2D eigenvalue weighted by molar-refractivity contribution is -0.380. The third-order valence-corrected chi connectivity index (χ3v) is 7.35. The number of aromatic nitrogens is 3. The predicted octanol–water partition coefficient (Wildman–Crippen LogP) is 3.23. The third kappa shape index (κ3) is 6.80. The van der Waals surface area contributed by atoms with Gasteiger partial charge in [0.2, 0.25) is 0 Å². The molecular weight excluding hydrogens is 570 g/mol. The molecule has 3 rings (SSSR count). The van der Waals surface area contributed by atoms with E-state index < -0.39 is 49.3 Å². The standard InChI is InChI=1S/C26H27ClF2N4O6S/c1-5-9-30-24(18-7-6-8-21(23(18)29)40(4,38)39)20(28)14-32-16(3)11-19(22(27)25(32)34)15(2)10-17-12-31-33(13-17)26(35,36)37/h5-9,11-15,35-37H,10H2,1-4H3/b9-5+,20-14-,30-24+. The normalized spacial score (nSPS) is 14.2. The number of aryl methyl sites for hydroxylation is 1. The zero-order chi connectivity index (χ0) is 30.0. The molecule has 0 aliphatic heterocycles. The van der Waals surface area contributed by atoms with E-state index in [0.29, 0.717) is 15.8 Å². The fraction of sp³-hybridized carbons (Fsp3) is 0.269. The highest BCUT2D eigenvalue weighted by Crippen LogP contribution is 2.27. The highest BCUT2D eigenvalue weighted by molar-refractivity contribution is 7.90. The molecule has 1 unspecified atom stereocenters. The van der Waals surface area contributed by atoms with Gasteiger partial charge >= 0.3 is 6.10 Å². The fourth-order valence-corrected chi connectivity index (χ4v) is 5.02. The van der Waals surface area contributed by atoms with Crippen molar-refractivity contribution in [3.63, 3.8) is 0 Å². The minimum Gasteiger partial charge on any atom is -0.324 e. The van der Waals surface area contributed by atoms with Crippen molar-refractivity contribution < 1.29 is 32.5 Å². The Morgan fingerprint density at radius 3 is 2.55 bits per heavy atom. The van der Waals surface area contributed by atoms with Gasteiger partial charge in [-0.3, -0.25) is 14.4 Å². The number of aliphatic imine (C=N–C) groups is 1. The molecule has 40 heavy (non-hydrogen) atoms. The van der Waals surface area contributed by atoms with Gasteiger partial charge in [-0.05, 0) is 55.5 Å². The Hall–Kier alpha value is -3.49. The van der Waals surface area contributed by atoms with Gasteiger partial charge in [0.1, 0.15) is 15.6 Å². The number of rotatable bonds is 9. The van der Waals surface area contributed by atoms with Crippen molar-refractivity contribution in [3.8, 4) is 0 Å². The SMILES string of the molecule is C/C=C/N=C(/C(F)=C/n1c(C)cc(C(C)Cc2cnn(C(O)(O)O)c2)c(Cl)c1=O)c1cccc(S(C)(=O)=O)c1F. The molecule has 0 radical (unpaired) electrons. The van der Waals surface area contributed by atoms with Gasteiger partial charge in [0.05, 0.1) is 12.4 Å². The maximum absolute atomic E-state index is 15.6. The Bertz CT molecular complexity index is 1690. The van der Waals surface area contributed by atoms with E-state index in [0.717, 1.165) is 23.1 Å². The maximum atomic E-state index is 15.6. The van der Waals surface area contributed by atoms with Gasteiger partial charge in [-0.15, -0.1) is 0 Å². The summed E-state index contributed by atoms with van der Waals surface area (Å²) in [6.45, 7) is 4.88. The van der Waals surface area contributed by atoms with Crippen LogP contribution in [0.1, 0.15) is 42.1 Å². The monoisotopic (exact) mass is 596 g/mol. The van der Waals surface area contributed by atoms with Crippen molar-refractivity contribution in [3.05, 3.63) is 98.3 Å². The van der Waals surface area contributed by atoms with Crippen LogP contribution in [0.15, 0.2) is 69.4 Å². The lowest BCUT2D eigenvalue weighted by Crippen LogP contribution is -2.32. The molecule has 0 saturated carbocycles. The van der Waals surface area contributed by atoms with Crippen LogP contribution in [-0.2, 0) is 22.4 Å². The van der Waals surface area contributed by atoms with Crippen LogP contribution in [0.4, 0.5) is 8.78 Å². The van der Waals surface area contributed by atoms with Gasteiger partial charge in [-0.25, -0.2) is 17.2 Å². The van der Waals surface area contributed by atoms with E-state index in [2.05, 4.69) is 10.1 Å². The first-order valence-electron chi connectivity index (χ1n) is 11.7. The smallest absolute Gasteiger partial charge is 0.324 e. The van der Waals surface area contributed by atoms with Crippen LogP contribution in [0, 0.1) is 12.7 Å². The van der Waals surface area contributed by atoms with E-state index in [9.17, 15) is 28.5 Å². The molecule has 3 aromatic rings. The summed E-state index contributed by atoms with van der Waals surface area (Å²) in [5.74, 6) is -2.70. The van der Waals surface area contributed by atoms with Crippen molar-refractivity contribution in [1.29, 1.82) is 0 Å². The molecule has 1 aromatic carbocycles. The van der Waals surface area contributed by atoms with Gasteiger partial charge in [-0.2, -0.15) is 9.78 Å². The number of allylic oxidation sites excluding steroid dienone is 2. The van der Waals surface area contributed by atoms with Gasteiger partial charge in [-0.1, -0.05) is 30.7 Å². The average molecular weight is 597 g/mol. The summed E-state index contributed by atoms with van der Waals surface area (Å²) in [7, 11) is -3.96. The minimum absolute atomic E-state index is 0.215. The predicted molar refractivity (Wildman–Crippen MR) is 146 cm³/mol. The first kappa shape index (κ1) is 31.0. The van der Waals surface area contributed by atoms with E-state index in [1.165, 1.54) is 43.7 Å². The van der Waals surface area contributed by atoms with Gasteiger partial charge in [0.15, 0.2) is 21.5 Å². The van der Waals surface area contributed by atoms with Crippen molar-refractivity contribution in [2.24, 2.45) is 4.99 Å². The Morgan fingerprint density at radius 1 is 1.30 bits per heavy atom. The molecule has 0 aliphatic rings. The number of sulfone groups is 1. The molecule has 0 spiro atoms. The Balaban J connectivity index is 2.05. The second kappa shape index (κ2) is 11.9. The molecule has 2 heterocycles. The van der Waals surface area contributed by atoms with Crippen LogP contribution in [-0.4, -0.2) is 50.1 Å². The minimum atomic E-state index is -3.96. The molecule has 0 fully saturated rings. The topological polar surface area (TPSA) is 147 Å². The van der Waals surface area contributed by atoms with Crippen molar-refractivity contribution in [2.45, 2.75) is 44.1 Å². The van der Waals surface area contributed by atoms with Gasteiger partial charge < -0.3 is 15.3 Å². The molecule has 0 saturated heterocycles. The van der Waals surface area contributed by atoms with E-state index >= 15 is 8.78 Å². The number of benzene rings is 1. The van der Waals surface area contributed by atoms with E-state index in [-0.39, 0.29) is 23.1 Å². The van der Waals surface area contributed by atoms with Crippen molar-refractivity contribution >= 4 is 33.3 Å². The number of hydrogen-bond donors (Lipinski definition) is 3. The average Bonchev–Trinajstić information content (AvgIpc) is 3.33. The summed E-state index contributed by atoms with van der Waals surface area (Å²) in [5.41, 5.74) is -0.537. The molecule has 14 heteroatoms. The second-order valence-electron chi connectivity index (χ2n) is 9.06. The zero-order valence-corrected chi connectivity index (χ0v) is 23.5. The molecule has 0 bridgehead atoms. The highest BCUT2D eigenvalue weighted by Gasteiger charge is 2.25. The Kier molecular flexibility index (Phi) is 9.27. The quantitative estimate of drug-likeness (QED) is 0.254. The van der Waals surface area contributed by atoms with Crippen LogP contribution in [0.5, 0.6) is 0 Å². The number of aliphatic hydroxyl groups is 3. The largest absolute Gasteiger partial charge is 0.389 e. The summed E-state index contributed by atoms with van der Waals surface area (Å²) in [4.78, 5) is 16.5. The highest BCUT2D eigenvalue weighted by atomic mass is 35.5. The van der Waals surface area contributed by atoms with Crippen LogP contribution < -0.4 is 5.56 Å². The van der Waals surface area contributed by atoms with Crippen LogP contribution >= 0.6 is 11.6 Å². The molecular formula is C26H27ClF2N4O6S. The molecule has 2 aromatic heterocycles. The van der Waals surface area contributed by atoms with Crippen LogP contribution in [0.3, 0.4) is 0 Å². The van der Waals surface area contributed by atoms with Crippen molar-refractivity contribution in [2.75, 3.05) is 6.26 Å². The molecule has 3 N–H and O–H groups in total. The lowest BCUT2D eigenvalue weighted by atomic mass is 9.95. The molecule has 214 valence electrons. The Labute approximate surface area is 233 Å². The van der Waals surface area contributed by atoms with E-state index in [1.807, 2.05) is 0 Å².